The van der Waals surface area contributed by atoms with Crippen molar-refractivity contribution in [1.82, 2.24) is 0 Å². The molecule has 0 aliphatic carbocycles. The molecular formula is C10H12Cl2OS. The lowest BCUT2D eigenvalue weighted by Gasteiger charge is -2.08. The molecule has 0 spiro atoms. The van der Waals surface area contributed by atoms with E-state index >= 15 is 0 Å². The normalized spacial score (nSPS) is 12.9. The van der Waals surface area contributed by atoms with Crippen molar-refractivity contribution in [3.63, 3.8) is 0 Å². The first-order chi connectivity index (χ1) is 6.67. The molecule has 0 amide bonds. The Balaban J connectivity index is 2.76. The Morgan fingerprint density at radius 1 is 1.50 bits per heavy atom. The average molecular weight is 251 g/mol. The minimum Gasteiger partial charge on any atom is -0.392 e. The third-order valence-corrected chi connectivity index (χ3v) is 3.44. The number of aliphatic hydroxyl groups excluding tert-OH is 1. The summed E-state index contributed by atoms with van der Waals surface area (Å²) in [5.74, 6) is 0.252. The van der Waals surface area contributed by atoms with Crippen LogP contribution in [0.15, 0.2) is 23.1 Å². The minimum absolute atomic E-state index is 0.252. The molecule has 0 aromatic heterocycles. The van der Waals surface area contributed by atoms with Crippen molar-refractivity contribution in [3.05, 3.63) is 28.8 Å². The van der Waals surface area contributed by atoms with Gasteiger partial charge in [-0.3, -0.25) is 0 Å². The van der Waals surface area contributed by atoms with Crippen LogP contribution in [0.5, 0.6) is 0 Å². The van der Waals surface area contributed by atoms with Crippen molar-refractivity contribution in [3.8, 4) is 0 Å². The standard InChI is InChI=1S/C10H12Cl2OS/c1-14-10-3-2-7(5-9(10)12)4-8(13)6-11/h2-3,5,8,13H,4,6H2,1H3. The van der Waals surface area contributed by atoms with Gasteiger partial charge in [0, 0.05) is 10.8 Å². The topological polar surface area (TPSA) is 20.2 Å². The molecule has 0 radical (unpaired) electrons. The maximum Gasteiger partial charge on any atom is 0.0715 e. The van der Waals surface area contributed by atoms with E-state index < -0.39 is 6.10 Å². The van der Waals surface area contributed by atoms with Crippen molar-refractivity contribution in [2.24, 2.45) is 0 Å². The second-order valence-corrected chi connectivity index (χ2v) is 4.55. The zero-order valence-electron chi connectivity index (χ0n) is 7.84. The summed E-state index contributed by atoms with van der Waals surface area (Å²) in [6.45, 7) is 0. The summed E-state index contributed by atoms with van der Waals surface area (Å²) in [6.07, 6.45) is 2.04. The molecule has 0 heterocycles. The van der Waals surface area contributed by atoms with E-state index in [-0.39, 0.29) is 5.88 Å². The Morgan fingerprint density at radius 3 is 2.71 bits per heavy atom. The Bertz CT molecular complexity index is 304. The number of alkyl halides is 1. The monoisotopic (exact) mass is 250 g/mol. The number of hydrogen-bond acceptors (Lipinski definition) is 2. The number of rotatable bonds is 4. The lowest BCUT2D eigenvalue weighted by Crippen LogP contribution is -2.11. The third-order valence-electron chi connectivity index (χ3n) is 1.87. The molecule has 0 bridgehead atoms. The highest BCUT2D eigenvalue weighted by Crippen LogP contribution is 2.26. The zero-order chi connectivity index (χ0) is 10.6. The quantitative estimate of drug-likeness (QED) is 0.655. The molecule has 0 aliphatic rings. The second-order valence-electron chi connectivity index (χ2n) is 2.98. The predicted octanol–water partition coefficient (Wildman–Crippen LogP) is 3.20. The number of halogens is 2. The summed E-state index contributed by atoms with van der Waals surface area (Å²) in [5.41, 5.74) is 1.01. The molecule has 1 nitrogen and oxygen atoms in total. The van der Waals surface area contributed by atoms with E-state index in [9.17, 15) is 5.11 Å². The molecule has 14 heavy (non-hydrogen) atoms. The molecule has 1 atom stereocenters. The van der Waals surface area contributed by atoms with Crippen LogP contribution < -0.4 is 0 Å². The van der Waals surface area contributed by atoms with Crippen LogP contribution in [-0.2, 0) is 6.42 Å². The van der Waals surface area contributed by atoms with E-state index in [2.05, 4.69) is 0 Å². The predicted molar refractivity (Wildman–Crippen MR) is 63.7 cm³/mol. The molecule has 1 rings (SSSR count). The van der Waals surface area contributed by atoms with Gasteiger partial charge in [-0.05, 0) is 30.4 Å². The highest BCUT2D eigenvalue weighted by Gasteiger charge is 2.06. The van der Waals surface area contributed by atoms with E-state index in [1.54, 1.807) is 11.8 Å². The fourth-order valence-corrected chi connectivity index (χ4v) is 2.17. The van der Waals surface area contributed by atoms with E-state index in [1.807, 2.05) is 24.5 Å². The third kappa shape index (κ3) is 3.35. The summed E-state index contributed by atoms with van der Waals surface area (Å²) in [5, 5.41) is 10.1. The molecule has 1 aromatic carbocycles. The summed E-state index contributed by atoms with van der Waals surface area (Å²) in [4.78, 5) is 1.05. The van der Waals surface area contributed by atoms with Gasteiger partial charge in [-0.25, -0.2) is 0 Å². The van der Waals surface area contributed by atoms with Crippen LogP contribution in [0.2, 0.25) is 5.02 Å². The van der Waals surface area contributed by atoms with Gasteiger partial charge < -0.3 is 5.11 Å². The minimum atomic E-state index is -0.493. The summed E-state index contributed by atoms with van der Waals surface area (Å²) >= 11 is 13.1. The van der Waals surface area contributed by atoms with Crippen LogP contribution in [0.3, 0.4) is 0 Å². The van der Waals surface area contributed by atoms with Crippen molar-refractivity contribution < 1.29 is 5.11 Å². The van der Waals surface area contributed by atoms with Crippen LogP contribution >= 0.6 is 35.0 Å². The van der Waals surface area contributed by atoms with Gasteiger partial charge >= 0.3 is 0 Å². The Labute approximate surface area is 98.4 Å². The van der Waals surface area contributed by atoms with Crippen LogP contribution in [0, 0.1) is 0 Å². The highest BCUT2D eigenvalue weighted by atomic mass is 35.5. The maximum atomic E-state index is 9.35. The summed E-state index contributed by atoms with van der Waals surface area (Å²) in [6, 6.07) is 5.81. The number of benzene rings is 1. The highest BCUT2D eigenvalue weighted by molar-refractivity contribution is 7.98. The molecule has 0 saturated carbocycles. The van der Waals surface area contributed by atoms with Crippen LogP contribution in [0.25, 0.3) is 0 Å². The van der Waals surface area contributed by atoms with Crippen molar-refractivity contribution >= 4 is 35.0 Å². The average Bonchev–Trinajstić information content (AvgIpc) is 2.18. The number of thioether (sulfide) groups is 1. The van der Waals surface area contributed by atoms with E-state index in [4.69, 9.17) is 23.2 Å². The maximum absolute atomic E-state index is 9.35. The van der Waals surface area contributed by atoms with Crippen molar-refractivity contribution in [1.29, 1.82) is 0 Å². The van der Waals surface area contributed by atoms with Gasteiger partial charge in [0.05, 0.1) is 11.1 Å². The lowest BCUT2D eigenvalue weighted by atomic mass is 10.1. The van der Waals surface area contributed by atoms with E-state index in [0.29, 0.717) is 6.42 Å². The smallest absolute Gasteiger partial charge is 0.0715 e. The van der Waals surface area contributed by atoms with Gasteiger partial charge in [-0.1, -0.05) is 17.7 Å². The summed E-state index contributed by atoms with van der Waals surface area (Å²) < 4.78 is 0. The van der Waals surface area contributed by atoms with Crippen molar-refractivity contribution in [2.75, 3.05) is 12.1 Å². The van der Waals surface area contributed by atoms with Crippen LogP contribution in [-0.4, -0.2) is 23.3 Å². The van der Waals surface area contributed by atoms with Crippen LogP contribution in [0.4, 0.5) is 0 Å². The van der Waals surface area contributed by atoms with Crippen LogP contribution in [0.1, 0.15) is 5.56 Å². The SMILES string of the molecule is CSc1ccc(CC(O)CCl)cc1Cl. The van der Waals surface area contributed by atoms with Crippen molar-refractivity contribution in [2.45, 2.75) is 17.4 Å². The Kier molecular flexibility index (Phi) is 5.10. The second kappa shape index (κ2) is 5.86. The molecule has 0 aliphatic heterocycles. The zero-order valence-corrected chi connectivity index (χ0v) is 10.2. The lowest BCUT2D eigenvalue weighted by molar-refractivity contribution is 0.199. The van der Waals surface area contributed by atoms with Gasteiger partial charge in [0.1, 0.15) is 0 Å². The Hall–Kier alpha value is 0.110. The molecule has 4 heteroatoms. The molecule has 1 N–H and O–H groups in total. The number of hydrogen-bond donors (Lipinski definition) is 1. The fourth-order valence-electron chi connectivity index (χ4n) is 1.16. The number of aliphatic hydroxyl groups is 1. The molecule has 0 saturated heterocycles. The van der Waals surface area contributed by atoms with Gasteiger partial charge in [0.25, 0.3) is 0 Å². The van der Waals surface area contributed by atoms with E-state index in [1.165, 1.54) is 0 Å². The first-order valence-corrected chi connectivity index (χ1v) is 6.37. The molecule has 78 valence electrons. The van der Waals surface area contributed by atoms with Gasteiger partial charge in [-0.15, -0.1) is 23.4 Å². The molecule has 1 unspecified atom stereocenters. The van der Waals surface area contributed by atoms with Gasteiger partial charge in [0.2, 0.25) is 0 Å². The Morgan fingerprint density at radius 2 is 2.21 bits per heavy atom. The van der Waals surface area contributed by atoms with Gasteiger partial charge in [0.15, 0.2) is 0 Å². The summed E-state index contributed by atoms with van der Waals surface area (Å²) in [7, 11) is 0. The van der Waals surface area contributed by atoms with Gasteiger partial charge in [-0.2, -0.15) is 0 Å². The first-order valence-electron chi connectivity index (χ1n) is 4.23. The molecule has 1 aromatic rings. The molecule has 0 fully saturated rings. The first kappa shape index (κ1) is 12.2. The van der Waals surface area contributed by atoms with E-state index in [0.717, 1.165) is 15.5 Å². The molecular weight excluding hydrogens is 239 g/mol. The largest absolute Gasteiger partial charge is 0.392 e. The fraction of sp³-hybridized carbons (Fsp3) is 0.400.